The predicted octanol–water partition coefficient (Wildman–Crippen LogP) is 7.30. The van der Waals surface area contributed by atoms with Gasteiger partial charge in [-0.25, -0.2) is 4.98 Å². The molecule has 3 aliphatic heterocycles. The lowest BCUT2D eigenvalue weighted by atomic mass is 9.94. The number of nitrogens with one attached hydrogen (secondary N) is 1. The highest BCUT2D eigenvalue weighted by molar-refractivity contribution is 7.15. The van der Waals surface area contributed by atoms with Crippen molar-refractivity contribution in [3.8, 4) is 23.0 Å². The van der Waals surface area contributed by atoms with E-state index in [1.165, 1.54) is 30.6 Å². The lowest BCUT2D eigenvalue weighted by Crippen LogP contribution is -2.34. The number of carbonyl (C=O) groups excluding carboxylic acids is 1. The number of benzene rings is 3. The van der Waals surface area contributed by atoms with E-state index in [4.69, 9.17) is 35.7 Å². The number of rotatable bonds is 8. The van der Waals surface area contributed by atoms with Crippen LogP contribution in [-0.4, -0.2) is 53.5 Å². The van der Waals surface area contributed by atoms with Crippen LogP contribution in [-0.2, 0) is 20.4 Å². The minimum Gasteiger partial charge on any atom is -0.481 e. The highest BCUT2D eigenvalue weighted by atomic mass is 35.5. The highest BCUT2D eigenvalue weighted by Gasteiger charge is 2.53. The number of fused-ring (bicyclic) bond motifs is 2. The molecule has 2 aliphatic carbocycles. The van der Waals surface area contributed by atoms with Crippen molar-refractivity contribution in [1.29, 1.82) is 0 Å². The minimum absolute atomic E-state index is 0.0143. The molecular formula is C37H36ClN3O7S. The molecule has 0 bridgehead atoms. The van der Waals surface area contributed by atoms with Gasteiger partial charge in [0.1, 0.15) is 0 Å². The third-order valence-electron chi connectivity index (χ3n) is 10.2. The molecule has 49 heavy (non-hydrogen) atoms. The number of anilines is 1. The van der Waals surface area contributed by atoms with Crippen LogP contribution in [0.15, 0.2) is 66.9 Å². The van der Waals surface area contributed by atoms with Gasteiger partial charge in [0.05, 0.1) is 16.9 Å². The number of amides is 1. The third-order valence-corrected chi connectivity index (χ3v) is 11.5. The van der Waals surface area contributed by atoms with Gasteiger partial charge in [-0.2, -0.15) is 0 Å². The summed E-state index contributed by atoms with van der Waals surface area (Å²) in [5, 5.41) is 13.6. The van der Waals surface area contributed by atoms with E-state index in [1.54, 1.807) is 12.1 Å². The zero-order chi connectivity index (χ0) is 33.6. The number of hydrogen-bond donors (Lipinski definition) is 2. The minimum atomic E-state index is -0.749. The average Bonchev–Trinajstić information content (AvgIpc) is 3.94. The molecule has 4 aromatic rings. The average molecular weight is 702 g/mol. The SMILES string of the molecule is O=C(Nc1ncc(C(c2ccccc2Cl)N2CCCCC2)s1)C1(c2ccc3c(c2)OCO3)CC1.O=C(O)C1(c2ccc3c(c2)OCO3)CC1. The summed E-state index contributed by atoms with van der Waals surface area (Å²) in [4.78, 5) is 32.6. The van der Waals surface area contributed by atoms with Gasteiger partial charge in [0.25, 0.3) is 0 Å². The van der Waals surface area contributed by atoms with E-state index in [9.17, 15) is 9.59 Å². The Morgan fingerprint density at radius 2 is 1.41 bits per heavy atom. The van der Waals surface area contributed by atoms with E-state index >= 15 is 0 Å². The monoisotopic (exact) mass is 701 g/mol. The van der Waals surface area contributed by atoms with Crippen molar-refractivity contribution in [2.24, 2.45) is 0 Å². The van der Waals surface area contributed by atoms with Crippen molar-refractivity contribution in [3.63, 3.8) is 0 Å². The lowest BCUT2D eigenvalue weighted by molar-refractivity contribution is -0.140. The van der Waals surface area contributed by atoms with Gasteiger partial charge in [-0.15, -0.1) is 0 Å². The number of ether oxygens (including phenoxy) is 4. The summed E-state index contributed by atoms with van der Waals surface area (Å²) >= 11 is 8.16. The number of likely N-dealkylation sites (tertiary alicyclic amines) is 1. The number of aromatic nitrogens is 1. The molecule has 9 rings (SSSR count). The van der Waals surface area contributed by atoms with Crippen molar-refractivity contribution in [3.05, 3.63) is 93.5 Å². The van der Waals surface area contributed by atoms with E-state index in [2.05, 4.69) is 21.3 Å². The molecule has 12 heteroatoms. The molecule has 0 radical (unpaired) electrons. The van der Waals surface area contributed by atoms with Crippen LogP contribution in [0, 0.1) is 0 Å². The Balaban J connectivity index is 0.000000193. The Kier molecular flexibility index (Phi) is 8.37. The Labute approximate surface area is 292 Å². The van der Waals surface area contributed by atoms with Crippen molar-refractivity contribution < 1.29 is 33.6 Å². The van der Waals surface area contributed by atoms with Crippen molar-refractivity contribution in [2.45, 2.75) is 61.8 Å². The Morgan fingerprint density at radius 1 is 0.816 bits per heavy atom. The number of piperidine rings is 1. The maximum atomic E-state index is 13.4. The van der Waals surface area contributed by atoms with Crippen LogP contribution in [0.5, 0.6) is 23.0 Å². The first-order valence-corrected chi connectivity index (χ1v) is 17.9. The molecule has 1 unspecified atom stereocenters. The fourth-order valence-corrected chi connectivity index (χ4v) is 8.21. The summed E-state index contributed by atoms with van der Waals surface area (Å²) in [6.45, 7) is 2.51. The summed E-state index contributed by atoms with van der Waals surface area (Å²) in [5.74, 6) is 2.02. The molecule has 5 aliphatic rings. The second-order valence-corrected chi connectivity index (χ2v) is 14.6. The molecule has 1 saturated heterocycles. The quantitative estimate of drug-likeness (QED) is 0.195. The zero-order valence-electron chi connectivity index (χ0n) is 26.8. The fraction of sp³-hybridized carbons (Fsp3) is 0.378. The van der Waals surface area contributed by atoms with Gasteiger partial charge < -0.3 is 29.4 Å². The topological polar surface area (TPSA) is 119 Å². The summed E-state index contributed by atoms with van der Waals surface area (Å²) in [6, 6.07) is 19.2. The normalized spacial score (nSPS) is 19.7. The molecule has 3 aromatic carbocycles. The maximum Gasteiger partial charge on any atom is 0.314 e. The molecule has 0 spiro atoms. The molecule has 1 atom stereocenters. The molecule has 10 nitrogen and oxygen atoms in total. The molecule has 1 aromatic heterocycles. The Morgan fingerprint density at radius 3 is 2.00 bits per heavy atom. The maximum absolute atomic E-state index is 13.4. The van der Waals surface area contributed by atoms with Gasteiger partial charge in [-0.1, -0.05) is 59.7 Å². The number of aliphatic carboxylic acids is 1. The van der Waals surface area contributed by atoms with Crippen LogP contribution < -0.4 is 24.3 Å². The van der Waals surface area contributed by atoms with Gasteiger partial charge in [-0.3, -0.25) is 14.5 Å². The van der Waals surface area contributed by atoms with Crippen molar-refractivity contribution in [2.75, 3.05) is 32.0 Å². The van der Waals surface area contributed by atoms with E-state index in [-0.39, 0.29) is 25.5 Å². The zero-order valence-corrected chi connectivity index (χ0v) is 28.4. The number of carbonyl (C=O) groups is 2. The molecule has 1 amide bonds. The molecule has 2 saturated carbocycles. The summed E-state index contributed by atoms with van der Waals surface area (Å²) in [7, 11) is 0. The van der Waals surface area contributed by atoms with E-state index in [0.29, 0.717) is 35.2 Å². The fourth-order valence-electron chi connectivity index (χ4n) is 7.00. The number of hydrogen-bond acceptors (Lipinski definition) is 9. The lowest BCUT2D eigenvalue weighted by Gasteiger charge is -2.34. The van der Waals surface area contributed by atoms with Gasteiger partial charge in [-0.05, 0) is 98.6 Å². The van der Waals surface area contributed by atoms with Crippen LogP contribution in [0.1, 0.15) is 72.6 Å². The first-order valence-electron chi connectivity index (χ1n) is 16.7. The number of nitrogens with zero attached hydrogens (tertiary/aromatic N) is 2. The smallest absolute Gasteiger partial charge is 0.314 e. The van der Waals surface area contributed by atoms with Gasteiger partial charge >= 0.3 is 5.97 Å². The summed E-state index contributed by atoms with van der Waals surface area (Å²) in [5.41, 5.74) is 1.68. The van der Waals surface area contributed by atoms with Crippen LogP contribution in [0.4, 0.5) is 5.13 Å². The second-order valence-electron chi connectivity index (χ2n) is 13.1. The second kappa shape index (κ2) is 12.9. The largest absolute Gasteiger partial charge is 0.481 e. The van der Waals surface area contributed by atoms with E-state index in [1.807, 2.05) is 48.7 Å². The molecule has 4 heterocycles. The number of carboxylic acids is 1. The number of carboxylic acid groups (broad SMARTS) is 1. The molecule has 254 valence electrons. The van der Waals surface area contributed by atoms with Crippen LogP contribution in [0.3, 0.4) is 0 Å². The van der Waals surface area contributed by atoms with Crippen molar-refractivity contribution >= 4 is 39.9 Å². The first-order chi connectivity index (χ1) is 23.9. The molecular weight excluding hydrogens is 666 g/mol. The Bertz CT molecular complexity index is 1900. The van der Waals surface area contributed by atoms with Crippen molar-refractivity contribution in [1.82, 2.24) is 9.88 Å². The summed E-state index contributed by atoms with van der Waals surface area (Å²) in [6.07, 6.45) is 8.56. The third kappa shape index (κ3) is 6.08. The summed E-state index contributed by atoms with van der Waals surface area (Å²) < 4.78 is 21.3. The van der Waals surface area contributed by atoms with Crippen LogP contribution in [0.25, 0.3) is 0 Å². The van der Waals surface area contributed by atoms with Crippen LogP contribution in [0.2, 0.25) is 5.02 Å². The van der Waals surface area contributed by atoms with Gasteiger partial charge in [0, 0.05) is 16.1 Å². The van der Waals surface area contributed by atoms with Gasteiger partial charge in [0.2, 0.25) is 19.5 Å². The molecule has 3 fully saturated rings. The van der Waals surface area contributed by atoms with E-state index < -0.39 is 16.8 Å². The van der Waals surface area contributed by atoms with Gasteiger partial charge in [0.15, 0.2) is 28.1 Å². The molecule has 2 N–H and O–H groups in total. The number of halogens is 1. The number of thiazole rings is 1. The first kappa shape index (κ1) is 31.9. The van der Waals surface area contributed by atoms with E-state index in [0.717, 1.165) is 58.3 Å². The Hall–Kier alpha value is -4.32. The highest BCUT2D eigenvalue weighted by Crippen LogP contribution is 2.52. The standard InChI is InChI=1S/C26H26ClN3O3S.C11H10O4/c27-19-7-3-2-6-18(19)23(30-12-4-1-5-13-30)22-15-28-25(34-22)29-24(31)26(10-11-26)17-8-9-20-21(14-17)33-16-32-20;12-10(13)11(3-4-11)7-1-2-8-9(5-7)15-6-14-8/h2-3,6-9,14-15,23H,1,4-5,10-13,16H2,(H,28,29,31);1-2,5H,3-4,6H2,(H,12,13). The predicted molar refractivity (Wildman–Crippen MR) is 184 cm³/mol. The van der Waals surface area contributed by atoms with Crippen LogP contribution >= 0.6 is 22.9 Å².